The molecule has 0 aliphatic heterocycles. The van der Waals surface area contributed by atoms with Crippen LogP contribution >= 0.6 is 0 Å². The Balaban J connectivity index is 1.69. The topological polar surface area (TPSA) is 92.3 Å². The molecule has 1 unspecified atom stereocenters. The van der Waals surface area contributed by atoms with E-state index in [0.29, 0.717) is 51.9 Å². The lowest BCUT2D eigenvalue weighted by Gasteiger charge is -2.19. The fourth-order valence-corrected chi connectivity index (χ4v) is 3.20. The summed E-state index contributed by atoms with van der Waals surface area (Å²) in [6, 6.07) is 17.0. The summed E-state index contributed by atoms with van der Waals surface area (Å²) in [6.07, 6.45) is -0.462. The van der Waals surface area contributed by atoms with Gasteiger partial charge in [-0.05, 0) is 51.0 Å². The lowest BCUT2D eigenvalue weighted by Crippen LogP contribution is -2.34. The van der Waals surface area contributed by atoms with Gasteiger partial charge < -0.3 is 29.0 Å². The molecule has 0 saturated carbocycles. The molecule has 2 aromatic rings. The molecule has 0 heterocycles. The van der Waals surface area contributed by atoms with E-state index in [4.69, 9.17) is 23.7 Å². The van der Waals surface area contributed by atoms with Crippen LogP contribution in [0.25, 0.3) is 0 Å². The van der Waals surface area contributed by atoms with Crippen LogP contribution in [0.1, 0.15) is 44.7 Å². The predicted octanol–water partition coefficient (Wildman–Crippen LogP) is 4.32. The number of amides is 1. The Kier molecular flexibility index (Phi) is 12.1. The molecule has 2 rings (SSSR count). The Morgan fingerprint density at radius 1 is 0.857 bits per heavy atom. The first-order valence-corrected chi connectivity index (χ1v) is 11.9. The van der Waals surface area contributed by atoms with Crippen LogP contribution in [-0.2, 0) is 23.7 Å². The molecule has 1 N–H and O–H groups in total. The third-order valence-corrected chi connectivity index (χ3v) is 4.63. The molecule has 8 nitrogen and oxygen atoms in total. The van der Waals surface area contributed by atoms with Gasteiger partial charge in [0.2, 0.25) is 0 Å². The fraction of sp³-hybridized carbons (Fsp3) is 0.481. The van der Waals surface area contributed by atoms with Crippen LogP contribution in [-0.4, -0.2) is 63.8 Å². The van der Waals surface area contributed by atoms with E-state index in [1.54, 1.807) is 6.92 Å². The molecule has 0 aliphatic rings. The van der Waals surface area contributed by atoms with Crippen LogP contribution in [0.2, 0.25) is 0 Å². The zero-order chi connectivity index (χ0) is 25.5. The second-order valence-corrected chi connectivity index (χ2v) is 8.67. The molecule has 1 amide bonds. The molecule has 0 aliphatic carbocycles. The van der Waals surface area contributed by atoms with Crippen molar-refractivity contribution in [2.24, 2.45) is 0 Å². The molecule has 0 saturated heterocycles. The van der Waals surface area contributed by atoms with E-state index in [-0.39, 0.29) is 5.97 Å². The van der Waals surface area contributed by atoms with Crippen molar-refractivity contribution in [3.05, 3.63) is 65.7 Å². The van der Waals surface area contributed by atoms with Crippen LogP contribution < -0.4 is 10.1 Å². The summed E-state index contributed by atoms with van der Waals surface area (Å²) in [5.41, 5.74) is 1.15. The highest BCUT2D eigenvalue weighted by atomic mass is 16.6. The molecule has 0 spiro atoms. The number of hydrogen-bond donors (Lipinski definition) is 1. The van der Waals surface area contributed by atoms with E-state index in [1.807, 2.05) is 75.4 Å². The van der Waals surface area contributed by atoms with Gasteiger partial charge in [0.15, 0.2) is 0 Å². The molecule has 192 valence electrons. The van der Waals surface area contributed by atoms with E-state index >= 15 is 0 Å². The van der Waals surface area contributed by atoms with Gasteiger partial charge in [0, 0.05) is 6.54 Å². The number of carbonyl (C=O) groups is 2. The fourth-order valence-electron chi connectivity index (χ4n) is 3.20. The number of benzene rings is 2. The van der Waals surface area contributed by atoms with E-state index in [0.717, 1.165) is 11.1 Å². The predicted molar refractivity (Wildman–Crippen MR) is 133 cm³/mol. The molecule has 35 heavy (non-hydrogen) atoms. The van der Waals surface area contributed by atoms with Gasteiger partial charge in [-0.15, -0.1) is 0 Å². The SMILES string of the molecule is CCOC(=O)C(c1ccccc1)c1cccc(OCCOCCOCCNC(=O)OC(C)(C)C)c1. The summed E-state index contributed by atoms with van der Waals surface area (Å²) in [6.45, 7) is 9.86. The normalized spacial score (nSPS) is 12.0. The lowest BCUT2D eigenvalue weighted by atomic mass is 9.91. The zero-order valence-electron chi connectivity index (χ0n) is 21.1. The molecule has 0 aromatic heterocycles. The van der Waals surface area contributed by atoms with E-state index in [1.165, 1.54) is 0 Å². The maximum atomic E-state index is 12.6. The van der Waals surface area contributed by atoms with Crippen molar-refractivity contribution >= 4 is 12.1 Å². The van der Waals surface area contributed by atoms with Crippen LogP contribution in [0.3, 0.4) is 0 Å². The van der Waals surface area contributed by atoms with Crippen molar-refractivity contribution in [2.45, 2.75) is 39.2 Å². The van der Waals surface area contributed by atoms with Crippen molar-refractivity contribution in [2.75, 3.05) is 46.2 Å². The van der Waals surface area contributed by atoms with Gasteiger partial charge in [0.25, 0.3) is 0 Å². The first-order chi connectivity index (χ1) is 16.8. The molecule has 0 bridgehead atoms. The summed E-state index contributed by atoms with van der Waals surface area (Å²) >= 11 is 0. The van der Waals surface area contributed by atoms with Crippen molar-refractivity contribution < 1.29 is 33.3 Å². The third-order valence-electron chi connectivity index (χ3n) is 4.63. The van der Waals surface area contributed by atoms with Crippen LogP contribution in [0.4, 0.5) is 4.79 Å². The minimum absolute atomic E-state index is 0.291. The van der Waals surface area contributed by atoms with Crippen LogP contribution in [0, 0.1) is 0 Å². The number of alkyl carbamates (subject to hydrolysis) is 1. The molecule has 1 atom stereocenters. The minimum Gasteiger partial charge on any atom is -0.491 e. The van der Waals surface area contributed by atoms with Crippen molar-refractivity contribution in [3.63, 3.8) is 0 Å². The van der Waals surface area contributed by atoms with Gasteiger partial charge in [0.05, 0.1) is 33.0 Å². The van der Waals surface area contributed by atoms with Gasteiger partial charge in [-0.2, -0.15) is 0 Å². The van der Waals surface area contributed by atoms with Gasteiger partial charge in [0.1, 0.15) is 23.9 Å². The first kappa shape index (κ1) is 28.1. The molecular weight excluding hydrogens is 450 g/mol. The number of rotatable bonds is 14. The van der Waals surface area contributed by atoms with Crippen molar-refractivity contribution in [1.82, 2.24) is 5.32 Å². The third kappa shape index (κ3) is 11.2. The smallest absolute Gasteiger partial charge is 0.407 e. The average Bonchev–Trinajstić information content (AvgIpc) is 2.80. The number of esters is 1. The Morgan fingerprint density at radius 3 is 2.20 bits per heavy atom. The van der Waals surface area contributed by atoms with Gasteiger partial charge in [-0.1, -0.05) is 42.5 Å². The molecule has 8 heteroatoms. The van der Waals surface area contributed by atoms with Crippen molar-refractivity contribution in [1.29, 1.82) is 0 Å². The van der Waals surface area contributed by atoms with E-state index in [9.17, 15) is 9.59 Å². The van der Waals surface area contributed by atoms with E-state index < -0.39 is 17.6 Å². The highest BCUT2D eigenvalue weighted by Crippen LogP contribution is 2.28. The average molecular weight is 488 g/mol. The Hall–Kier alpha value is -3.10. The zero-order valence-corrected chi connectivity index (χ0v) is 21.1. The lowest BCUT2D eigenvalue weighted by molar-refractivity contribution is -0.143. The standard InChI is InChI=1S/C27H37NO7/c1-5-33-25(29)24(21-10-7-6-8-11-21)22-12-9-13-23(20-22)34-19-18-32-17-16-31-15-14-28-26(30)35-27(2,3)4/h6-13,20,24H,5,14-19H2,1-4H3,(H,28,30). The van der Waals surface area contributed by atoms with E-state index in [2.05, 4.69) is 5.32 Å². The summed E-state index contributed by atoms with van der Waals surface area (Å²) in [5.74, 6) is -0.154. The van der Waals surface area contributed by atoms with Crippen LogP contribution in [0.15, 0.2) is 54.6 Å². The van der Waals surface area contributed by atoms with Crippen molar-refractivity contribution in [3.8, 4) is 5.75 Å². The highest BCUT2D eigenvalue weighted by molar-refractivity contribution is 5.82. The highest BCUT2D eigenvalue weighted by Gasteiger charge is 2.24. The minimum atomic E-state index is -0.521. The quantitative estimate of drug-likeness (QED) is 0.313. The Morgan fingerprint density at radius 2 is 1.51 bits per heavy atom. The number of hydrogen-bond acceptors (Lipinski definition) is 7. The van der Waals surface area contributed by atoms with Gasteiger partial charge in [-0.25, -0.2) is 4.79 Å². The summed E-state index contributed by atoms with van der Waals surface area (Å²) in [7, 11) is 0. The molecule has 0 radical (unpaired) electrons. The van der Waals surface area contributed by atoms with Gasteiger partial charge >= 0.3 is 12.1 Å². The Bertz CT molecular complexity index is 896. The number of ether oxygens (including phenoxy) is 5. The summed E-state index contributed by atoms with van der Waals surface area (Å²) in [4.78, 5) is 24.2. The number of nitrogens with one attached hydrogen (secondary N) is 1. The summed E-state index contributed by atoms with van der Waals surface area (Å²) < 4.78 is 27.2. The largest absolute Gasteiger partial charge is 0.491 e. The monoisotopic (exact) mass is 487 g/mol. The maximum absolute atomic E-state index is 12.6. The number of carbonyl (C=O) groups excluding carboxylic acids is 2. The Labute approximate surface area is 207 Å². The molecule has 2 aromatic carbocycles. The first-order valence-electron chi connectivity index (χ1n) is 11.9. The summed E-state index contributed by atoms with van der Waals surface area (Å²) in [5, 5.41) is 2.63. The molecular formula is C27H37NO7. The van der Waals surface area contributed by atoms with Crippen LogP contribution in [0.5, 0.6) is 5.75 Å². The maximum Gasteiger partial charge on any atom is 0.407 e. The second kappa shape index (κ2) is 15.0. The second-order valence-electron chi connectivity index (χ2n) is 8.67. The molecule has 0 fully saturated rings. The van der Waals surface area contributed by atoms with Gasteiger partial charge in [-0.3, -0.25) is 4.79 Å².